The molecule has 0 aliphatic heterocycles. The molecule has 3 rings (SSSR count). The van der Waals surface area contributed by atoms with Crippen LogP contribution in [0, 0.1) is 11.3 Å². The first-order valence-corrected chi connectivity index (χ1v) is 5.71. The van der Waals surface area contributed by atoms with Gasteiger partial charge in [-0.15, -0.1) is 0 Å². The van der Waals surface area contributed by atoms with Crippen molar-refractivity contribution < 1.29 is 4.52 Å². The topological polar surface area (TPSA) is 62.7 Å². The Kier molecular flexibility index (Phi) is 2.37. The van der Waals surface area contributed by atoms with Gasteiger partial charge in [0, 0.05) is 11.5 Å². The molecule has 1 saturated carbocycles. The molecular formula is C13H11N3O. The van der Waals surface area contributed by atoms with E-state index >= 15 is 0 Å². The molecule has 4 heteroatoms. The van der Waals surface area contributed by atoms with Gasteiger partial charge in [0.2, 0.25) is 11.7 Å². The van der Waals surface area contributed by atoms with Gasteiger partial charge >= 0.3 is 0 Å². The van der Waals surface area contributed by atoms with Crippen molar-refractivity contribution in [2.45, 2.75) is 25.2 Å². The first-order chi connectivity index (χ1) is 8.38. The van der Waals surface area contributed by atoms with E-state index in [1.165, 1.54) is 6.42 Å². The Hall–Kier alpha value is -2.15. The van der Waals surface area contributed by atoms with Gasteiger partial charge in [-0.3, -0.25) is 0 Å². The number of rotatable bonds is 2. The van der Waals surface area contributed by atoms with Gasteiger partial charge in [-0.05, 0) is 25.0 Å². The van der Waals surface area contributed by atoms with Gasteiger partial charge in [0.25, 0.3) is 0 Å². The molecule has 1 heterocycles. The van der Waals surface area contributed by atoms with E-state index in [1.807, 2.05) is 18.2 Å². The van der Waals surface area contributed by atoms with Crippen molar-refractivity contribution in [3.63, 3.8) is 0 Å². The highest BCUT2D eigenvalue weighted by Gasteiger charge is 2.25. The average molecular weight is 225 g/mol. The number of hydrogen-bond donors (Lipinski definition) is 0. The summed E-state index contributed by atoms with van der Waals surface area (Å²) in [6.45, 7) is 0. The highest BCUT2D eigenvalue weighted by molar-refractivity contribution is 5.63. The van der Waals surface area contributed by atoms with Gasteiger partial charge in [0.15, 0.2) is 0 Å². The zero-order valence-electron chi connectivity index (χ0n) is 9.26. The molecule has 84 valence electrons. The van der Waals surface area contributed by atoms with E-state index in [9.17, 15) is 0 Å². The summed E-state index contributed by atoms with van der Waals surface area (Å²) in [5, 5.41) is 13.0. The Balaban J connectivity index is 1.98. The summed E-state index contributed by atoms with van der Waals surface area (Å²) in [4.78, 5) is 4.38. The molecule has 0 amide bonds. The first-order valence-electron chi connectivity index (χ1n) is 5.71. The van der Waals surface area contributed by atoms with Crippen LogP contribution in [0.25, 0.3) is 11.4 Å². The summed E-state index contributed by atoms with van der Waals surface area (Å²) in [5.41, 5.74) is 1.32. The molecule has 2 aromatic rings. The molecule has 0 unspecified atom stereocenters. The predicted octanol–water partition coefficient (Wildman–Crippen LogP) is 2.88. The minimum atomic E-state index is 0.422. The lowest BCUT2D eigenvalue weighted by atomic mass is 9.85. The lowest BCUT2D eigenvalue weighted by Crippen LogP contribution is -2.08. The molecule has 0 atom stereocenters. The van der Waals surface area contributed by atoms with E-state index in [-0.39, 0.29) is 0 Å². The zero-order chi connectivity index (χ0) is 11.7. The SMILES string of the molecule is N#Cc1ccccc1-c1noc(C2CCC2)n1. The zero-order valence-corrected chi connectivity index (χ0v) is 9.26. The lowest BCUT2D eigenvalue weighted by molar-refractivity contribution is 0.292. The molecule has 0 radical (unpaired) electrons. The normalized spacial score (nSPS) is 15.2. The van der Waals surface area contributed by atoms with Crippen LogP contribution in [0.3, 0.4) is 0 Å². The third kappa shape index (κ3) is 1.70. The summed E-state index contributed by atoms with van der Waals surface area (Å²) in [5.74, 6) is 1.65. The van der Waals surface area contributed by atoms with E-state index in [2.05, 4.69) is 16.2 Å². The summed E-state index contributed by atoms with van der Waals surface area (Å²) < 4.78 is 5.25. The molecule has 1 aliphatic rings. The number of hydrogen-bond acceptors (Lipinski definition) is 4. The lowest BCUT2D eigenvalue weighted by Gasteiger charge is -2.20. The third-order valence-corrected chi connectivity index (χ3v) is 3.18. The second kappa shape index (κ2) is 4.02. The smallest absolute Gasteiger partial charge is 0.230 e. The van der Waals surface area contributed by atoms with Crippen molar-refractivity contribution in [2.24, 2.45) is 0 Å². The van der Waals surface area contributed by atoms with Crippen LogP contribution in [0.4, 0.5) is 0 Å². The molecule has 1 aromatic heterocycles. The van der Waals surface area contributed by atoms with Crippen LogP contribution in [-0.2, 0) is 0 Å². The van der Waals surface area contributed by atoms with E-state index in [0.29, 0.717) is 23.2 Å². The number of benzene rings is 1. The average Bonchev–Trinajstić information content (AvgIpc) is 2.76. The van der Waals surface area contributed by atoms with Crippen molar-refractivity contribution in [3.05, 3.63) is 35.7 Å². The van der Waals surface area contributed by atoms with Gasteiger partial charge in [0.1, 0.15) is 0 Å². The maximum Gasteiger partial charge on any atom is 0.230 e. The maximum atomic E-state index is 9.02. The summed E-state index contributed by atoms with van der Waals surface area (Å²) in [6.07, 6.45) is 3.49. The molecule has 0 saturated heterocycles. The largest absolute Gasteiger partial charge is 0.339 e. The molecule has 0 spiro atoms. The Morgan fingerprint density at radius 3 is 2.82 bits per heavy atom. The summed E-state index contributed by atoms with van der Waals surface area (Å²) in [7, 11) is 0. The number of aromatic nitrogens is 2. The van der Waals surface area contributed by atoms with Crippen molar-refractivity contribution >= 4 is 0 Å². The highest BCUT2D eigenvalue weighted by Crippen LogP contribution is 2.36. The first kappa shape index (κ1) is 10.0. The Morgan fingerprint density at radius 1 is 1.29 bits per heavy atom. The molecule has 0 bridgehead atoms. The predicted molar refractivity (Wildman–Crippen MR) is 61.0 cm³/mol. The summed E-state index contributed by atoms with van der Waals surface area (Å²) >= 11 is 0. The fourth-order valence-corrected chi connectivity index (χ4v) is 1.94. The molecule has 4 nitrogen and oxygen atoms in total. The van der Waals surface area contributed by atoms with E-state index in [1.54, 1.807) is 6.07 Å². The molecule has 1 aromatic carbocycles. The third-order valence-electron chi connectivity index (χ3n) is 3.18. The maximum absolute atomic E-state index is 9.02. The molecule has 17 heavy (non-hydrogen) atoms. The van der Waals surface area contributed by atoms with Crippen LogP contribution in [-0.4, -0.2) is 10.1 Å². The second-order valence-electron chi connectivity index (χ2n) is 4.24. The molecule has 1 aliphatic carbocycles. The van der Waals surface area contributed by atoms with Crippen molar-refractivity contribution in [3.8, 4) is 17.5 Å². The fraction of sp³-hybridized carbons (Fsp3) is 0.308. The molecule has 1 fully saturated rings. The van der Waals surface area contributed by atoms with Crippen LogP contribution in [0.1, 0.15) is 36.6 Å². The van der Waals surface area contributed by atoms with Gasteiger partial charge in [0.05, 0.1) is 11.6 Å². The van der Waals surface area contributed by atoms with Crippen LogP contribution in [0.2, 0.25) is 0 Å². The van der Waals surface area contributed by atoms with Gasteiger partial charge < -0.3 is 4.52 Å². The highest BCUT2D eigenvalue weighted by atomic mass is 16.5. The van der Waals surface area contributed by atoms with Gasteiger partial charge in [-0.25, -0.2) is 0 Å². The number of nitriles is 1. The van der Waals surface area contributed by atoms with Crippen LogP contribution in [0.5, 0.6) is 0 Å². The van der Waals surface area contributed by atoms with Gasteiger partial charge in [-0.1, -0.05) is 23.7 Å². The molecule has 0 N–H and O–H groups in total. The quantitative estimate of drug-likeness (QED) is 0.788. The Morgan fingerprint density at radius 2 is 2.12 bits per heavy atom. The van der Waals surface area contributed by atoms with Crippen LogP contribution < -0.4 is 0 Å². The van der Waals surface area contributed by atoms with Crippen LogP contribution >= 0.6 is 0 Å². The van der Waals surface area contributed by atoms with Crippen LogP contribution in [0.15, 0.2) is 28.8 Å². The molecular weight excluding hydrogens is 214 g/mol. The number of nitrogens with zero attached hydrogens (tertiary/aromatic N) is 3. The summed E-state index contributed by atoms with van der Waals surface area (Å²) in [6, 6.07) is 9.44. The van der Waals surface area contributed by atoms with Crippen molar-refractivity contribution in [1.82, 2.24) is 10.1 Å². The monoisotopic (exact) mass is 225 g/mol. The fourth-order valence-electron chi connectivity index (χ4n) is 1.94. The minimum absolute atomic E-state index is 0.422. The van der Waals surface area contributed by atoms with E-state index < -0.39 is 0 Å². The minimum Gasteiger partial charge on any atom is -0.339 e. The van der Waals surface area contributed by atoms with Crippen molar-refractivity contribution in [1.29, 1.82) is 5.26 Å². The van der Waals surface area contributed by atoms with Gasteiger partial charge in [-0.2, -0.15) is 10.2 Å². The Labute approximate surface area is 98.9 Å². The van der Waals surface area contributed by atoms with Crippen molar-refractivity contribution in [2.75, 3.05) is 0 Å². The van der Waals surface area contributed by atoms with E-state index in [0.717, 1.165) is 18.4 Å². The standard InChI is InChI=1S/C13H11N3O/c14-8-10-4-1-2-7-11(10)12-15-13(17-16-12)9-5-3-6-9/h1-2,4,7,9H,3,5-6H2. The van der Waals surface area contributed by atoms with E-state index in [4.69, 9.17) is 9.78 Å². The second-order valence-corrected chi connectivity index (χ2v) is 4.24. The Bertz CT molecular complexity index is 578.